The van der Waals surface area contributed by atoms with Crippen molar-refractivity contribution in [3.05, 3.63) is 29.8 Å². The normalized spacial score (nSPS) is 12.9. The van der Waals surface area contributed by atoms with Gasteiger partial charge in [-0.2, -0.15) is 5.26 Å². The number of nitrogens with one attached hydrogen (secondary N) is 2. The Hall–Kier alpha value is -2.59. The second-order valence-electron chi connectivity index (χ2n) is 3.81. The quantitative estimate of drug-likeness (QED) is 0.630. The standard InChI is InChI=1S/C12H13N3O4/c1-7(16)10(11(17)18)15-12(19)14-9-5-3-2-4-8(9)6-13/h2-5,7,10,16H,1H3,(H,17,18)(H2,14,15,19). The van der Waals surface area contributed by atoms with Crippen LogP contribution in [0.25, 0.3) is 0 Å². The first-order valence-corrected chi connectivity index (χ1v) is 5.43. The van der Waals surface area contributed by atoms with E-state index in [9.17, 15) is 14.7 Å². The van der Waals surface area contributed by atoms with Gasteiger partial charge in [-0.3, -0.25) is 0 Å². The molecular weight excluding hydrogens is 250 g/mol. The Morgan fingerprint density at radius 1 is 1.37 bits per heavy atom. The number of rotatable bonds is 4. The van der Waals surface area contributed by atoms with Crippen LogP contribution in [0.3, 0.4) is 0 Å². The van der Waals surface area contributed by atoms with Gasteiger partial charge in [0.25, 0.3) is 0 Å². The minimum atomic E-state index is -1.42. The van der Waals surface area contributed by atoms with Gasteiger partial charge in [-0.25, -0.2) is 9.59 Å². The number of anilines is 1. The Morgan fingerprint density at radius 3 is 2.53 bits per heavy atom. The van der Waals surface area contributed by atoms with E-state index in [1.807, 2.05) is 6.07 Å². The first-order chi connectivity index (χ1) is 8.95. The summed E-state index contributed by atoms with van der Waals surface area (Å²) in [6.07, 6.45) is -1.24. The van der Waals surface area contributed by atoms with Crippen LogP contribution >= 0.6 is 0 Å². The molecule has 0 aliphatic heterocycles. The van der Waals surface area contributed by atoms with E-state index in [0.717, 1.165) is 0 Å². The molecule has 0 aliphatic rings. The number of carbonyl (C=O) groups is 2. The molecule has 2 atom stereocenters. The molecule has 7 heteroatoms. The van der Waals surface area contributed by atoms with Gasteiger partial charge in [0.2, 0.25) is 0 Å². The van der Waals surface area contributed by atoms with E-state index in [2.05, 4.69) is 10.6 Å². The molecule has 7 nitrogen and oxygen atoms in total. The summed E-state index contributed by atoms with van der Waals surface area (Å²) in [6.45, 7) is 1.25. The summed E-state index contributed by atoms with van der Waals surface area (Å²) in [5, 5.41) is 31.3. The van der Waals surface area contributed by atoms with Crippen LogP contribution in [0, 0.1) is 11.3 Å². The van der Waals surface area contributed by atoms with E-state index in [4.69, 9.17) is 10.4 Å². The average Bonchev–Trinajstić information content (AvgIpc) is 2.36. The summed E-state index contributed by atoms with van der Waals surface area (Å²) in [7, 11) is 0. The molecule has 0 bridgehead atoms. The van der Waals surface area contributed by atoms with Gasteiger partial charge in [0.05, 0.1) is 17.4 Å². The number of nitrogens with zero attached hydrogens (tertiary/aromatic N) is 1. The zero-order valence-electron chi connectivity index (χ0n) is 10.1. The summed E-state index contributed by atoms with van der Waals surface area (Å²) in [4.78, 5) is 22.4. The lowest BCUT2D eigenvalue weighted by Gasteiger charge is -2.17. The van der Waals surface area contributed by atoms with Crippen LogP contribution in [0.5, 0.6) is 0 Å². The van der Waals surface area contributed by atoms with E-state index in [0.29, 0.717) is 0 Å². The number of carbonyl (C=O) groups excluding carboxylic acids is 1. The monoisotopic (exact) mass is 263 g/mol. The predicted octanol–water partition coefficient (Wildman–Crippen LogP) is 0.514. The minimum Gasteiger partial charge on any atom is -0.480 e. The number of hydrogen-bond donors (Lipinski definition) is 4. The number of aliphatic hydroxyl groups excluding tert-OH is 1. The number of benzene rings is 1. The molecule has 0 spiro atoms. The zero-order valence-corrected chi connectivity index (χ0v) is 10.1. The van der Waals surface area contributed by atoms with Crippen LogP contribution in [0.15, 0.2) is 24.3 Å². The highest BCUT2D eigenvalue weighted by atomic mass is 16.4. The molecule has 0 saturated heterocycles. The highest BCUT2D eigenvalue weighted by Gasteiger charge is 2.25. The number of amides is 2. The second-order valence-corrected chi connectivity index (χ2v) is 3.81. The molecule has 2 unspecified atom stereocenters. The maximum absolute atomic E-state index is 11.6. The maximum Gasteiger partial charge on any atom is 0.328 e. The Balaban J connectivity index is 2.75. The lowest BCUT2D eigenvalue weighted by Crippen LogP contribution is -2.49. The van der Waals surface area contributed by atoms with E-state index in [1.165, 1.54) is 19.1 Å². The fraction of sp³-hybridized carbons (Fsp3) is 0.250. The number of aliphatic carboxylic acids is 1. The van der Waals surface area contributed by atoms with Crippen molar-refractivity contribution in [3.8, 4) is 6.07 Å². The number of nitriles is 1. The smallest absolute Gasteiger partial charge is 0.328 e. The molecule has 19 heavy (non-hydrogen) atoms. The van der Waals surface area contributed by atoms with Gasteiger partial charge >= 0.3 is 12.0 Å². The molecule has 0 saturated carbocycles. The summed E-state index contributed by atoms with van der Waals surface area (Å²) in [5.74, 6) is -1.35. The molecule has 1 rings (SSSR count). The molecule has 0 radical (unpaired) electrons. The summed E-state index contributed by atoms with van der Waals surface area (Å²) in [5.41, 5.74) is 0.513. The molecule has 0 fully saturated rings. The molecule has 2 amide bonds. The summed E-state index contributed by atoms with van der Waals surface area (Å²) in [6, 6.07) is 5.94. The predicted molar refractivity (Wildman–Crippen MR) is 66.4 cm³/mol. The van der Waals surface area contributed by atoms with Crippen molar-refractivity contribution in [2.75, 3.05) is 5.32 Å². The van der Waals surface area contributed by atoms with Crippen LogP contribution in [-0.2, 0) is 4.79 Å². The lowest BCUT2D eigenvalue weighted by molar-refractivity contribution is -0.141. The molecule has 1 aromatic carbocycles. The lowest BCUT2D eigenvalue weighted by atomic mass is 10.2. The Morgan fingerprint density at radius 2 is 2.00 bits per heavy atom. The van der Waals surface area contributed by atoms with Crippen molar-refractivity contribution in [3.63, 3.8) is 0 Å². The molecule has 1 aromatic rings. The van der Waals surface area contributed by atoms with Gasteiger partial charge in [-0.05, 0) is 19.1 Å². The number of carboxylic acid groups (broad SMARTS) is 1. The van der Waals surface area contributed by atoms with Crippen molar-refractivity contribution in [1.82, 2.24) is 5.32 Å². The van der Waals surface area contributed by atoms with Gasteiger partial charge < -0.3 is 20.8 Å². The second kappa shape index (κ2) is 6.37. The third-order valence-corrected chi connectivity index (χ3v) is 2.33. The fourth-order valence-electron chi connectivity index (χ4n) is 1.38. The highest BCUT2D eigenvalue weighted by molar-refractivity contribution is 5.93. The highest BCUT2D eigenvalue weighted by Crippen LogP contribution is 2.13. The van der Waals surface area contributed by atoms with Crippen LogP contribution in [0.4, 0.5) is 10.5 Å². The van der Waals surface area contributed by atoms with Gasteiger partial charge in [-0.1, -0.05) is 12.1 Å². The molecule has 4 N–H and O–H groups in total. The van der Waals surface area contributed by atoms with Gasteiger partial charge in [0, 0.05) is 0 Å². The van der Waals surface area contributed by atoms with Crippen molar-refractivity contribution in [1.29, 1.82) is 5.26 Å². The van der Waals surface area contributed by atoms with Crippen LogP contribution in [0.1, 0.15) is 12.5 Å². The average molecular weight is 263 g/mol. The zero-order chi connectivity index (χ0) is 14.4. The first kappa shape index (κ1) is 14.5. The first-order valence-electron chi connectivity index (χ1n) is 5.43. The third kappa shape index (κ3) is 3.97. The number of hydrogen-bond acceptors (Lipinski definition) is 4. The third-order valence-electron chi connectivity index (χ3n) is 2.33. The van der Waals surface area contributed by atoms with E-state index < -0.39 is 24.1 Å². The molecule has 0 heterocycles. The number of para-hydroxylation sites is 1. The van der Waals surface area contributed by atoms with Gasteiger partial charge in [0.1, 0.15) is 6.07 Å². The van der Waals surface area contributed by atoms with Crippen molar-refractivity contribution in [2.45, 2.75) is 19.1 Å². The topological polar surface area (TPSA) is 122 Å². The fourth-order valence-corrected chi connectivity index (χ4v) is 1.38. The Bertz CT molecular complexity index is 522. The van der Waals surface area contributed by atoms with Crippen LogP contribution in [0.2, 0.25) is 0 Å². The Labute approximate surface area is 109 Å². The Kier molecular flexibility index (Phi) is 4.85. The molecule has 100 valence electrons. The van der Waals surface area contributed by atoms with E-state index in [1.54, 1.807) is 12.1 Å². The number of carboxylic acids is 1. The maximum atomic E-state index is 11.6. The minimum absolute atomic E-state index is 0.251. The van der Waals surface area contributed by atoms with Gasteiger partial charge in [0.15, 0.2) is 6.04 Å². The summed E-state index contributed by atoms with van der Waals surface area (Å²) >= 11 is 0. The largest absolute Gasteiger partial charge is 0.480 e. The van der Waals surface area contributed by atoms with Crippen LogP contribution < -0.4 is 10.6 Å². The van der Waals surface area contributed by atoms with Crippen LogP contribution in [-0.4, -0.2) is 34.4 Å². The van der Waals surface area contributed by atoms with Crippen molar-refractivity contribution < 1.29 is 19.8 Å². The molecular formula is C12H13N3O4. The van der Waals surface area contributed by atoms with E-state index >= 15 is 0 Å². The van der Waals surface area contributed by atoms with E-state index in [-0.39, 0.29) is 11.3 Å². The molecule has 0 aromatic heterocycles. The number of urea groups is 1. The van der Waals surface area contributed by atoms with Crippen molar-refractivity contribution in [2.24, 2.45) is 0 Å². The summed E-state index contributed by atoms with van der Waals surface area (Å²) < 4.78 is 0. The molecule has 0 aliphatic carbocycles. The van der Waals surface area contributed by atoms with Crippen molar-refractivity contribution >= 4 is 17.7 Å². The SMILES string of the molecule is CC(O)C(NC(=O)Nc1ccccc1C#N)C(=O)O. The van der Waals surface area contributed by atoms with Gasteiger partial charge in [-0.15, -0.1) is 0 Å². The number of aliphatic hydroxyl groups is 1.